The molecule has 1 aromatic carbocycles. The summed E-state index contributed by atoms with van der Waals surface area (Å²) in [5, 5.41) is 16.3. The highest BCUT2D eigenvalue weighted by Gasteiger charge is 2.31. The fourth-order valence-electron chi connectivity index (χ4n) is 2.46. The Morgan fingerprint density at radius 2 is 2.15 bits per heavy atom. The normalized spacial score (nSPS) is 18.8. The van der Waals surface area contributed by atoms with Crippen molar-refractivity contribution in [3.63, 3.8) is 0 Å². The summed E-state index contributed by atoms with van der Waals surface area (Å²) in [7, 11) is 0. The summed E-state index contributed by atoms with van der Waals surface area (Å²) >= 11 is 0. The van der Waals surface area contributed by atoms with Gasteiger partial charge in [-0.25, -0.2) is 0 Å². The molecular formula is C15H17N3O2. The molecule has 1 unspecified atom stereocenters. The zero-order valence-electron chi connectivity index (χ0n) is 11.3. The topological polar surface area (TPSA) is 69.2 Å². The van der Waals surface area contributed by atoms with Crippen molar-refractivity contribution in [1.29, 1.82) is 0 Å². The molecule has 0 saturated carbocycles. The van der Waals surface area contributed by atoms with Crippen LogP contribution < -0.4 is 4.90 Å². The first-order chi connectivity index (χ1) is 9.67. The standard InChI is InChI=1S/C15H17N3O2/c1-10-2-4-12(5-3-10)13-7-14(17-16-13)18-8-11(9-19)6-15(18)20/h2-5,7,11,19H,6,8-9H2,1H3,(H,16,17). The van der Waals surface area contributed by atoms with Crippen LogP contribution in [0.15, 0.2) is 30.3 Å². The number of rotatable bonds is 3. The number of amides is 1. The average molecular weight is 271 g/mol. The monoisotopic (exact) mass is 271 g/mol. The number of hydrogen-bond donors (Lipinski definition) is 2. The van der Waals surface area contributed by atoms with Crippen molar-refractivity contribution in [2.75, 3.05) is 18.1 Å². The van der Waals surface area contributed by atoms with Crippen LogP contribution in [0.3, 0.4) is 0 Å². The van der Waals surface area contributed by atoms with Gasteiger partial charge in [-0.15, -0.1) is 0 Å². The number of nitrogens with zero attached hydrogens (tertiary/aromatic N) is 2. The van der Waals surface area contributed by atoms with E-state index in [0.29, 0.717) is 18.8 Å². The van der Waals surface area contributed by atoms with Crippen LogP contribution in [0.1, 0.15) is 12.0 Å². The molecule has 0 bridgehead atoms. The second-order valence-corrected chi connectivity index (χ2v) is 5.26. The van der Waals surface area contributed by atoms with Gasteiger partial charge in [-0.2, -0.15) is 5.10 Å². The van der Waals surface area contributed by atoms with Crippen LogP contribution in [0, 0.1) is 12.8 Å². The fourth-order valence-corrected chi connectivity index (χ4v) is 2.46. The minimum atomic E-state index is 0.0158. The molecule has 1 fully saturated rings. The number of benzene rings is 1. The van der Waals surface area contributed by atoms with Gasteiger partial charge in [0.15, 0.2) is 5.82 Å². The molecule has 5 heteroatoms. The van der Waals surface area contributed by atoms with E-state index in [1.54, 1.807) is 4.90 Å². The van der Waals surface area contributed by atoms with Crippen molar-refractivity contribution in [2.24, 2.45) is 5.92 Å². The number of nitrogens with one attached hydrogen (secondary N) is 1. The maximum absolute atomic E-state index is 11.9. The molecule has 1 amide bonds. The van der Waals surface area contributed by atoms with Crippen molar-refractivity contribution < 1.29 is 9.90 Å². The van der Waals surface area contributed by atoms with Gasteiger partial charge in [0.1, 0.15) is 0 Å². The van der Waals surface area contributed by atoms with E-state index in [9.17, 15) is 4.79 Å². The Balaban J connectivity index is 1.83. The van der Waals surface area contributed by atoms with E-state index in [1.807, 2.05) is 37.3 Å². The molecule has 1 aliphatic heterocycles. The maximum Gasteiger partial charge on any atom is 0.228 e. The molecule has 1 aliphatic rings. The van der Waals surface area contributed by atoms with Crippen molar-refractivity contribution >= 4 is 11.7 Å². The Morgan fingerprint density at radius 3 is 2.80 bits per heavy atom. The van der Waals surface area contributed by atoms with Gasteiger partial charge >= 0.3 is 0 Å². The molecule has 3 rings (SSSR count). The van der Waals surface area contributed by atoms with E-state index in [-0.39, 0.29) is 18.4 Å². The van der Waals surface area contributed by atoms with Crippen LogP contribution in [0.5, 0.6) is 0 Å². The Labute approximate surface area is 117 Å². The Kier molecular flexibility index (Phi) is 3.28. The summed E-state index contributed by atoms with van der Waals surface area (Å²) in [6.45, 7) is 2.62. The van der Waals surface area contributed by atoms with Gasteiger partial charge in [0.2, 0.25) is 5.91 Å². The Bertz CT molecular complexity index is 618. The predicted molar refractivity (Wildman–Crippen MR) is 76.3 cm³/mol. The summed E-state index contributed by atoms with van der Waals surface area (Å²) in [4.78, 5) is 13.5. The highest BCUT2D eigenvalue weighted by atomic mass is 16.3. The summed E-state index contributed by atoms with van der Waals surface area (Å²) in [6, 6.07) is 10.0. The van der Waals surface area contributed by atoms with Crippen LogP contribution in [0.4, 0.5) is 5.82 Å². The molecule has 1 atom stereocenters. The number of aryl methyl sites for hydroxylation is 1. The van der Waals surface area contributed by atoms with Crippen molar-refractivity contribution in [3.8, 4) is 11.3 Å². The average Bonchev–Trinajstić information content (AvgIpc) is 3.06. The van der Waals surface area contributed by atoms with Gasteiger partial charge in [-0.1, -0.05) is 29.8 Å². The van der Waals surface area contributed by atoms with Crippen LogP contribution in [0.2, 0.25) is 0 Å². The van der Waals surface area contributed by atoms with Crippen LogP contribution in [-0.4, -0.2) is 34.4 Å². The third-order valence-corrected chi connectivity index (χ3v) is 3.67. The number of aromatic nitrogens is 2. The van der Waals surface area contributed by atoms with Crippen LogP contribution in [0.25, 0.3) is 11.3 Å². The number of carbonyl (C=O) groups excluding carboxylic acids is 1. The molecular weight excluding hydrogens is 254 g/mol. The third-order valence-electron chi connectivity index (χ3n) is 3.67. The van der Waals surface area contributed by atoms with E-state index < -0.39 is 0 Å². The number of aliphatic hydroxyl groups excluding tert-OH is 1. The molecule has 2 aromatic rings. The largest absolute Gasteiger partial charge is 0.396 e. The number of hydrogen-bond acceptors (Lipinski definition) is 3. The van der Waals surface area contributed by atoms with E-state index in [4.69, 9.17) is 5.11 Å². The SMILES string of the molecule is Cc1ccc(-c2cc(N3CC(CO)CC3=O)n[nH]2)cc1. The smallest absolute Gasteiger partial charge is 0.228 e. The van der Waals surface area contributed by atoms with E-state index in [2.05, 4.69) is 10.2 Å². The van der Waals surface area contributed by atoms with Gasteiger partial charge in [0.05, 0.1) is 5.69 Å². The number of aromatic amines is 1. The lowest BCUT2D eigenvalue weighted by Gasteiger charge is -2.11. The molecule has 2 heterocycles. The van der Waals surface area contributed by atoms with Gasteiger partial charge in [0.25, 0.3) is 0 Å². The lowest BCUT2D eigenvalue weighted by atomic mass is 10.1. The van der Waals surface area contributed by atoms with Crippen LogP contribution in [-0.2, 0) is 4.79 Å². The maximum atomic E-state index is 11.9. The van der Waals surface area contributed by atoms with Gasteiger partial charge in [-0.3, -0.25) is 14.8 Å². The molecule has 2 N–H and O–H groups in total. The second-order valence-electron chi connectivity index (χ2n) is 5.26. The van der Waals surface area contributed by atoms with Crippen LogP contribution >= 0.6 is 0 Å². The lowest BCUT2D eigenvalue weighted by Crippen LogP contribution is -2.25. The summed E-state index contributed by atoms with van der Waals surface area (Å²) in [5.74, 6) is 0.662. The molecule has 104 valence electrons. The molecule has 0 spiro atoms. The minimum absolute atomic E-state index is 0.0158. The molecule has 0 aliphatic carbocycles. The van der Waals surface area contributed by atoms with Gasteiger partial charge in [-0.05, 0) is 12.5 Å². The molecule has 0 radical (unpaired) electrons. The first-order valence-electron chi connectivity index (χ1n) is 6.71. The minimum Gasteiger partial charge on any atom is -0.396 e. The highest BCUT2D eigenvalue weighted by molar-refractivity contribution is 5.95. The Hall–Kier alpha value is -2.14. The highest BCUT2D eigenvalue weighted by Crippen LogP contribution is 2.27. The van der Waals surface area contributed by atoms with E-state index >= 15 is 0 Å². The number of aliphatic hydroxyl groups is 1. The predicted octanol–water partition coefficient (Wildman–Crippen LogP) is 1.73. The Morgan fingerprint density at radius 1 is 1.40 bits per heavy atom. The molecule has 1 aromatic heterocycles. The number of H-pyrrole nitrogens is 1. The second kappa shape index (κ2) is 5.09. The quantitative estimate of drug-likeness (QED) is 0.893. The van der Waals surface area contributed by atoms with E-state index in [1.165, 1.54) is 5.56 Å². The third kappa shape index (κ3) is 2.32. The first-order valence-corrected chi connectivity index (χ1v) is 6.71. The lowest BCUT2D eigenvalue weighted by molar-refractivity contribution is -0.117. The van der Waals surface area contributed by atoms with Gasteiger partial charge in [0, 0.05) is 31.6 Å². The van der Waals surface area contributed by atoms with Gasteiger partial charge < -0.3 is 5.11 Å². The zero-order chi connectivity index (χ0) is 14.1. The van der Waals surface area contributed by atoms with Crippen molar-refractivity contribution in [1.82, 2.24) is 10.2 Å². The van der Waals surface area contributed by atoms with Crippen molar-refractivity contribution in [2.45, 2.75) is 13.3 Å². The summed E-state index contributed by atoms with van der Waals surface area (Å²) in [6.07, 6.45) is 0.392. The number of carbonyl (C=O) groups is 1. The first kappa shape index (κ1) is 12.9. The zero-order valence-corrected chi connectivity index (χ0v) is 11.3. The van der Waals surface area contributed by atoms with Crippen molar-refractivity contribution in [3.05, 3.63) is 35.9 Å². The van der Waals surface area contributed by atoms with E-state index in [0.717, 1.165) is 11.3 Å². The molecule has 1 saturated heterocycles. The summed E-state index contributed by atoms with van der Waals surface area (Å²) in [5.41, 5.74) is 3.13. The molecule has 20 heavy (non-hydrogen) atoms. The molecule has 5 nitrogen and oxygen atoms in total. The fraction of sp³-hybridized carbons (Fsp3) is 0.333. The summed E-state index contributed by atoms with van der Waals surface area (Å²) < 4.78 is 0. The number of anilines is 1.